The standard InChI is InChI=1S/C24H23ClN2O5S/c1-4-32-24(29)20-12-11-19(14-21(20)25)26-23(28)17-8-7-16(3)22(13-17)33(30,31)27-18-9-5-15(2)6-10-18/h5-14,27H,4H2,1-3H3,(H,26,28). The van der Waals surface area contributed by atoms with Gasteiger partial charge in [0, 0.05) is 16.9 Å². The lowest BCUT2D eigenvalue weighted by Crippen LogP contribution is -2.17. The number of hydrogen-bond acceptors (Lipinski definition) is 5. The monoisotopic (exact) mass is 486 g/mol. The number of carbonyl (C=O) groups is 2. The molecule has 3 aromatic rings. The van der Waals surface area contributed by atoms with Gasteiger partial charge in [0.15, 0.2) is 0 Å². The summed E-state index contributed by atoms with van der Waals surface area (Å²) in [5.74, 6) is -1.09. The minimum Gasteiger partial charge on any atom is -0.462 e. The maximum Gasteiger partial charge on any atom is 0.339 e. The van der Waals surface area contributed by atoms with Crippen molar-refractivity contribution in [1.82, 2.24) is 0 Å². The van der Waals surface area contributed by atoms with Crippen molar-refractivity contribution in [2.45, 2.75) is 25.7 Å². The molecular formula is C24H23ClN2O5S. The zero-order chi connectivity index (χ0) is 24.2. The van der Waals surface area contributed by atoms with E-state index in [0.29, 0.717) is 16.9 Å². The number of sulfonamides is 1. The van der Waals surface area contributed by atoms with Crippen molar-refractivity contribution in [1.29, 1.82) is 0 Å². The van der Waals surface area contributed by atoms with Crippen LogP contribution in [-0.2, 0) is 14.8 Å². The summed E-state index contributed by atoms with van der Waals surface area (Å²) in [4.78, 5) is 24.6. The van der Waals surface area contributed by atoms with Gasteiger partial charge in [-0.15, -0.1) is 0 Å². The van der Waals surface area contributed by atoms with Gasteiger partial charge >= 0.3 is 5.97 Å². The summed E-state index contributed by atoms with van der Waals surface area (Å²) in [5.41, 5.74) is 2.60. The van der Waals surface area contributed by atoms with Gasteiger partial charge in [-0.1, -0.05) is 35.4 Å². The predicted molar refractivity (Wildman–Crippen MR) is 129 cm³/mol. The molecule has 0 aromatic heterocycles. The van der Waals surface area contributed by atoms with Crippen LogP contribution in [0.15, 0.2) is 65.6 Å². The largest absolute Gasteiger partial charge is 0.462 e. The van der Waals surface area contributed by atoms with Crippen molar-refractivity contribution in [2.75, 3.05) is 16.6 Å². The Balaban J connectivity index is 1.82. The van der Waals surface area contributed by atoms with Crippen LogP contribution in [-0.4, -0.2) is 26.9 Å². The number of anilines is 2. The number of rotatable bonds is 7. The molecule has 0 saturated carbocycles. The third-order valence-electron chi connectivity index (χ3n) is 4.77. The summed E-state index contributed by atoms with van der Waals surface area (Å²) < 4.78 is 33.3. The molecule has 3 aromatic carbocycles. The molecule has 172 valence electrons. The van der Waals surface area contributed by atoms with Crippen LogP contribution in [0.3, 0.4) is 0 Å². The lowest BCUT2D eigenvalue weighted by Gasteiger charge is -2.13. The number of amides is 1. The quantitative estimate of drug-likeness (QED) is 0.448. The van der Waals surface area contributed by atoms with Crippen molar-refractivity contribution in [3.8, 4) is 0 Å². The highest BCUT2D eigenvalue weighted by Gasteiger charge is 2.20. The SMILES string of the molecule is CCOC(=O)c1ccc(NC(=O)c2ccc(C)c(S(=O)(=O)Nc3ccc(C)cc3)c2)cc1Cl. The van der Waals surface area contributed by atoms with Crippen LogP contribution in [0.5, 0.6) is 0 Å². The summed E-state index contributed by atoms with van der Waals surface area (Å²) in [6.45, 7) is 5.46. The maximum absolute atomic E-state index is 12.9. The highest BCUT2D eigenvalue weighted by Crippen LogP contribution is 2.24. The van der Waals surface area contributed by atoms with Crippen LogP contribution in [0.2, 0.25) is 5.02 Å². The van der Waals surface area contributed by atoms with Gasteiger partial charge in [0.25, 0.3) is 15.9 Å². The number of nitrogens with one attached hydrogen (secondary N) is 2. The third kappa shape index (κ3) is 5.91. The lowest BCUT2D eigenvalue weighted by molar-refractivity contribution is 0.0526. The first-order chi connectivity index (χ1) is 15.6. The molecule has 0 bridgehead atoms. The number of benzene rings is 3. The fourth-order valence-corrected chi connectivity index (χ4v) is 4.62. The molecule has 7 nitrogen and oxygen atoms in total. The van der Waals surface area contributed by atoms with E-state index >= 15 is 0 Å². The van der Waals surface area contributed by atoms with Crippen LogP contribution in [0.4, 0.5) is 11.4 Å². The first kappa shape index (κ1) is 24.3. The summed E-state index contributed by atoms with van der Waals surface area (Å²) in [6, 6.07) is 15.7. The van der Waals surface area contributed by atoms with Gasteiger partial charge < -0.3 is 10.1 Å². The van der Waals surface area contributed by atoms with Gasteiger partial charge in [0.1, 0.15) is 0 Å². The Kier molecular flexibility index (Phi) is 7.40. The van der Waals surface area contributed by atoms with Crippen LogP contribution in [0.25, 0.3) is 0 Å². The van der Waals surface area contributed by atoms with Gasteiger partial charge in [0.2, 0.25) is 0 Å². The molecule has 0 fully saturated rings. The van der Waals surface area contributed by atoms with E-state index in [1.807, 2.05) is 6.92 Å². The second-order valence-electron chi connectivity index (χ2n) is 7.32. The second-order valence-corrected chi connectivity index (χ2v) is 9.38. The molecular weight excluding hydrogens is 464 g/mol. The molecule has 0 aliphatic carbocycles. The van der Waals surface area contributed by atoms with Gasteiger partial charge in [-0.2, -0.15) is 0 Å². The average molecular weight is 487 g/mol. The molecule has 0 saturated heterocycles. The molecule has 2 N–H and O–H groups in total. The van der Waals surface area contributed by atoms with Gasteiger partial charge in [-0.3, -0.25) is 9.52 Å². The second kappa shape index (κ2) is 10.1. The van der Waals surface area contributed by atoms with Crippen LogP contribution >= 0.6 is 11.6 Å². The number of ether oxygens (including phenoxy) is 1. The Labute approximate surface area is 197 Å². The molecule has 0 radical (unpaired) electrons. The minimum atomic E-state index is -3.92. The van der Waals surface area contributed by atoms with E-state index in [9.17, 15) is 18.0 Å². The van der Waals surface area contributed by atoms with E-state index in [2.05, 4.69) is 10.0 Å². The lowest BCUT2D eigenvalue weighted by atomic mass is 10.1. The first-order valence-electron chi connectivity index (χ1n) is 10.1. The average Bonchev–Trinajstić information content (AvgIpc) is 2.75. The summed E-state index contributed by atoms with van der Waals surface area (Å²) >= 11 is 6.14. The summed E-state index contributed by atoms with van der Waals surface area (Å²) in [7, 11) is -3.92. The van der Waals surface area contributed by atoms with Gasteiger partial charge in [-0.05, 0) is 68.8 Å². The molecule has 1 amide bonds. The molecule has 0 aliphatic heterocycles. The normalized spacial score (nSPS) is 11.0. The Morgan fingerprint density at radius 3 is 2.24 bits per heavy atom. The number of hydrogen-bond donors (Lipinski definition) is 2. The van der Waals surface area contributed by atoms with Crippen LogP contribution in [0.1, 0.15) is 38.8 Å². The third-order valence-corrected chi connectivity index (χ3v) is 6.60. The van der Waals surface area contributed by atoms with E-state index < -0.39 is 21.9 Å². The van der Waals surface area contributed by atoms with Crippen LogP contribution in [0, 0.1) is 13.8 Å². The number of esters is 1. The highest BCUT2D eigenvalue weighted by molar-refractivity contribution is 7.92. The molecule has 9 heteroatoms. The fourth-order valence-electron chi connectivity index (χ4n) is 3.03. The smallest absolute Gasteiger partial charge is 0.339 e. The van der Waals surface area contributed by atoms with E-state index in [4.69, 9.17) is 16.3 Å². The Morgan fingerprint density at radius 2 is 1.61 bits per heavy atom. The molecule has 33 heavy (non-hydrogen) atoms. The van der Waals surface area contributed by atoms with E-state index in [1.54, 1.807) is 44.2 Å². The van der Waals surface area contributed by atoms with Gasteiger partial charge in [-0.25, -0.2) is 13.2 Å². The summed E-state index contributed by atoms with van der Waals surface area (Å²) in [5, 5.41) is 2.79. The maximum atomic E-state index is 12.9. The minimum absolute atomic E-state index is 0.00795. The van der Waals surface area contributed by atoms with Crippen molar-refractivity contribution in [3.63, 3.8) is 0 Å². The number of aryl methyl sites for hydroxylation is 2. The zero-order valence-electron chi connectivity index (χ0n) is 18.3. The zero-order valence-corrected chi connectivity index (χ0v) is 19.9. The van der Waals surface area contributed by atoms with E-state index in [0.717, 1.165) is 5.56 Å². The van der Waals surface area contributed by atoms with Crippen molar-refractivity contribution < 1.29 is 22.7 Å². The van der Waals surface area contributed by atoms with Crippen molar-refractivity contribution in [3.05, 3.63) is 87.9 Å². The van der Waals surface area contributed by atoms with Gasteiger partial charge in [0.05, 0.1) is 22.1 Å². The molecule has 0 unspecified atom stereocenters. The van der Waals surface area contributed by atoms with E-state index in [1.165, 1.54) is 30.3 Å². The molecule has 0 spiro atoms. The van der Waals surface area contributed by atoms with E-state index in [-0.39, 0.29) is 27.7 Å². The van der Waals surface area contributed by atoms with Crippen LogP contribution < -0.4 is 10.0 Å². The molecule has 0 heterocycles. The highest BCUT2D eigenvalue weighted by atomic mass is 35.5. The predicted octanol–water partition coefficient (Wildman–Crippen LogP) is 5.19. The molecule has 0 atom stereocenters. The Hall–Kier alpha value is -3.36. The first-order valence-corrected chi connectivity index (χ1v) is 11.9. The summed E-state index contributed by atoms with van der Waals surface area (Å²) in [6.07, 6.45) is 0. The Morgan fingerprint density at radius 1 is 0.939 bits per heavy atom. The number of carbonyl (C=O) groups excluding carboxylic acids is 2. The number of halogens is 1. The topological polar surface area (TPSA) is 102 Å². The van der Waals surface area contributed by atoms with Crippen molar-refractivity contribution in [2.24, 2.45) is 0 Å². The molecule has 3 rings (SSSR count). The molecule has 0 aliphatic rings. The fraction of sp³-hybridized carbons (Fsp3) is 0.167. The van der Waals surface area contributed by atoms with Crippen molar-refractivity contribution >= 4 is 44.9 Å². The Bertz CT molecular complexity index is 1300.